The van der Waals surface area contributed by atoms with E-state index in [1.54, 1.807) is 0 Å². The Morgan fingerprint density at radius 1 is 1.31 bits per heavy atom. The Balaban J connectivity index is 2.75. The molecule has 0 aromatic heterocycles. The van der Waals surface area contributed by atoms with Crippen LogP contribution in [0, 0.1) is 10.1 Å². The Morgan fingerprint density at radius 2 is 1.88 bits per heavy atom. The van der Waals surface area contributed by atoms with Crippen molar-refractivity contribution in [3.63, 3.8) is 0 Å². The number of benzene rings is 1. The molecular formula is C11H17NO2SeSi. The van der Waals surface area contributed by atoms with Crippen molar-refractivity contribution in [2.75, 3.05) is 6.54 Å². The van der Waals surface area contributed by atoms with Gasteiger partial charge in [-0.3, -0.25) is 0 Å². The maximum atomic E-state index is 10.7. The van der Waals surface area contributed by atoms with Gasteiger partial charge in [0, 0.05) is 0 Å². The first-order chi connectivity index (χ1) is 7.39. The summed E-state index contributed by atoms with van der Waals surface area (Å²) in [6.45, 7) is 6.77. The monoisotopic (exact) mass is 303 g/mol. The van der Waals surface area contributed by atoms with E-state index < -0.39 is 8.07 Å². The molecule has 0 amide bonds. The maximum absolute atomic E-state index is 10.7. The van der Waals surface area contributed by atoms with Crippen molar-refractivity contribution < 1.29 is 4.92 Å². The summed E-state index contributed by atoms with van der Waals surface area (Å²) in [5, 5.41) is 10.7. The van der Waals surface area contributed by atoms with Gasteiger partial charge in [0.15, 0.2) is 0 Å². The third kappa shape index (κ3) is 4.47. The van der Waals surface area contributed by atoms with E-state index in [4.69, 9.17) is 0 Å². The van der Waals surface area contributed by atoms with Gasteiger partial charge in [-0.05, 0) is 0 Å². The summed E-state index contributed by atoms with van der Waals surface area (Å²) >= 11 is 0.221. The van der Waals surface area contributed by atoms with Crippen LogP contribution in [0.1, 0.15) is 0 Å². The van der Waals surface area contributed by atoms with Crippen LogP contribution in [0.4, 0.5) is 0 Å². The van der Waals surface area contributed by atoms with Crippen LogP contribution in [0.2, 0.25) is 24.1 Å². The van der Waals surface area contributed by atoms with E-state index in [2.05, 4.69) is 31.8 Å². The van der Waals surface area contributed by atoms with Crippen molar-refractivity contribution in [2.45, 2.75) is 24.1 Å². The number of nitrogens with zero attached hydrogens (tertiary/aromatic N) is 1. The molecule has 0 N–H and O–H groups in total. The average molecular weight is 302 g/mol. The summed E-state index contributed by atoms with van der Waals surface area (Å²) < 4.78 is 1.54. The van der Waals surface area contributed by atoms with Crippen molar-refractivity contribution in [2.24, 2.45) is 0 Å². The normalized spacial score (nSPS) is 13.4. The SMILES string of the molecule is C[Si](C)(C)C(C[N+](=O)[O-])[Se]c1ccccc1. The third-order valence-corrected chi connectivity index (χ3v) is 11.5. The van der Waals surface area contributed by atoms with Gasteiger partial charge in [-0.2, -0.15) is 0 Å². The summed E-state index contributed by atoms with van der Waals surface area (Å²) in [6.07, 6.45) is 0. The molecule has 3 nitrogen and oxygen atoms in total. The Morgan fingerprint density at radius 3 is 2.31 bits per heavy atom. The Kier molecular flexibility index (Phi) is 4.71. The van der Waals surface area contributed by atoms with E-state index in [1.807, 2.05) is 18.2 Å². The fraction of sp³-hybridized carbons (Fsp3) is 0.455. The standard InChI is InChI=1S/C11H17NO2SeSi/c1-16(2,3)11(9-12(13)14)15-10-7-5-4-6-8-10/h4-8,11H,9H2,1-3H3. The molecule has 0 heterocycles. The van der Waals surface area contributed by atoms with Crippen molar-refractivity contribution >= 4 is 27.5 Å². The summed E-state index contributed by atoms with van der Waals surface area (Å²) in [4.78, 5) is 10.5. The first-order valence-electron chi connectivity index (χ1n) is 5.23. The summed E-state index contributed by atoms with van der Waals surface area (Å²) in [5.41, 5.74) is 0. The van der Waals surface area contributed by atoms with Crippen LogP contribution in [-0.4, -0.2) is 34.5 Å². The molecule has 0 aliphatic heterocycles. The van der Waals surface area contributed by atoms with Gasteiger partial charge in [-0.15, -0.1) is 0 Å². The molecule has 0 aliphatic carbocycles. The van der Waals surface area contributed by atoms with Crippen LogP contribution in [0.5, 0.6) is 0 Å². The van der Waals surface area contributed by atoms with Crippen molar-refractivity contribution in [3.05, 3.63) is 40.4 Å². The zero-order valence-corrected chi connectivity index (χ0v) is 12.6. The molecule has 1 aromatic rings. The van der Waals surface area contributed by atoms with Crippen LogP contribution >= 0.6 is 0 Å². The average Bonchev–Trinajstić information content (AvgIpc) is 2.16. The molecule has 5 heteroatoms. The molecular weight excluding hydrogens is 285 g/mol. The predicted molar refractivity (Wildman–Crippen MR) is 70.8 cm³/mol. The number of nitro groups is 1. The number of hydrogen-bond acceptors (Lipinski definition) is 2. The van der Waals surface area contributed by atoms with Gasteiger partial charge >= 0.3 is 103 Å². The topological polar surface area (TPSA) is 43.1 Å². The van der Waals surface area contributed by atoms with Crippen molar-refractivity contribution in [1.29, 1.82) is 0 Å². The zero-order chi connectivity index (χ0) is 12.2. The molecule has 1 rings (SSSR count). The molecule has 0 fully saturated rings. The van der Waals surface area contributed by atoms with Gasteiger partial charge in [0.1, 0.15) is 0 Å². The molecule has 0 saturated heterocycles. The van der Waals surface area contributed by atoms with Gasteiger partial charge in [-0.25, -0.2) is 0 Å². The van der Waals surface area contributed by atoms with Crippen LogP contribution in [-0.2, 0) is 0 Å². The summed E-state index contributed by atoms with van der Waals surface area (Å²) in [5.74, 6) is 0. The van der Waals surface area contributed by atoms with E-state index in [0.717, 1.165) is 0 Å². The molecule has 1 atom stereocenters. The van der Waals surface area contributed by atoms with Crippen molar-refractivity contribution in [1.82, 2.24) is 0 Å². The molecule has 0 bridgehead atoms. The molecule has 16 heavy (non-hydrogen) atoms. The fourth-order valence-electron chi connectivity index (χ4n) is 1.29. The Labute approximate surface area is 104 Å². The van der Waals surface area contributed by atoms with E-state index in [0.29, 0.717) is 0 Å². The first-order valence-corrected chi connectivity index (χ1v) is 10.7. The van der Waals surface area contributed by atoms with E-state index >= 15 is 0 Å². The van der Waals surface area contributed by atoms with E-state index in [9.17, 15) is 10.1 Å². The second-order valence-electron chi connectivity index (χ2n) is 4.80. The molecule has 1 aromatic carbocycles. The van der Waals surface area contributed by atoms with Crippen LogP contribution in [0.3, 0.4) is 0 Å². The van der Waals surface area contributed by atoms with Gasteiger partial charge in [-0.1, -0.05) is 0 Å². The Hall–Kier alpha value is -0.644. The Bertz CT molecular complexity index is 351. The molecule has 1 unspecified atom stereocenters. The second-order valence-corrected chi connectivity index (χ2v) is 13.8. The predicted octanol–water partition coefficient (Wildman–Crippen LogP) is 1.96. The minimum absolute atomic E-state index is 0.130. The van der Waals surface area contributed by atoms with Gasteiger partial charge < -0.3 is 0 Å². The molecule has 0 spiro atoms. The minimum atomic E-state index is -1.45. The van der Waals surface area contributed by atoms with Crippen LogP contribution in [0.15, 0.2) is 30.3 Å². The van der Waals surface area contributed by atoms with Crippen LogP contribution < -0.4 is 4.46 Å². The van der Waals surface area contributed by atoms with Gasteiger partial charge in [0.25, 0.3) is 0 Å². The van der Waals surface area contributed by atoms with Crippen molar-refractivity contribution in [3.8, 4) is 0 Å². The zero-order valence-electron chi connectivity index (χ0n) is 9.84. The summed E-state index contributed by atoms with van der Waals surface area (Å²) in [7, 11) is -1.45. The molecule has 88 valence electrons. The molecule has 0 radical (unpaired) electrons. The second kappa shape index (κ2) is 5.62. The first kappa shape index (κ1) is 13.4. The third-order valence-electron chi connectivity index (χ3n) is 2.30. The fourth-order valence-corrected chi connectivity index (χ4v) is 7.03. The quantitative estimate of drug-likeness (QED) is 0.474. The van der Waals surface area contributed by atoms with Gasteiger partial charge in [0.05, 0.1) is 0 Å². The number of hydrogen-bond donors (Lipinski definition) is 0. The number of rotatable bonds is 5. The van der Waals surface area contributed by atoms with Gasteiger partial charge in [0.2, 0.25) is 0 Å². The molecule has 0 saturated carbocycles. The summed E-state index contributed by atoms with van der Waals surface area (Å²) in [6, 6.07) is 10.1. The van der Waals surface area contributed by atoms with E-state index in [1.165, 1.54) is 4.46 Å². The van der Waals surface area contributed by atoms with E-state index in [-0.39, 0.29) is 30.9 Å². The molecule has 0 aliphatic rings. The van der Waals surface area contributed by atoms with Crippen LogP contribution in [0.25, 0.3) is 0 Å².